The zero-order chi connectivity index (χ0) is 22.6. The van der Waals surface area contributed by atoms with E-state index in [2.05, 4.69) is 5.32 Å². The molecule has 0 aromatic heterocycles. The quantitative estimate of drug-likeness (QED) is 0.441. The van der Waals surface area contributed by atoms with Crippen LogP contribution in [-0.2, 0) is 10.0 Å². The number of anilines is 2. The lowest BCUT2D eigenvalue weighted by atomic mass is 10.1. The normalized spacial score (nSPS) is 10.9. The van der Waals surface area contributed by atoms with Gasteiger partial charge in [0.25, 0.3) is 21.6 Å². The molecule has 0 aliphatic carbocycles. The summed E-state index contributed by atoms with van der Waals surface area (Å²) in [5.41, 5.74) is 0.598. The Balaban J connectivity index is 1.90. The number of nitrogens with zero attached hydrogens (tertiary/aromatic N) is 2. The Kier molecular flexibility index (Phi) is 6.21. The summed E-state index contributed by atoms with van der Waals surface area (Å²) in [6, 6.07) is 17.5. The molecular weight excluding hydrogens is 422 g/mol. The van der Waals surface area contributed by atoms with Gasteiger partial charge in [-0.3, -0.25) is 19.2 Å². The van der Waals surface area contributed by atoms with Gasteiger partial charge < -0.3 is 10.1 Å². The molecule has 160 valence electrons. The molecule has 10 heteroatoms. The fraction of sp³-hybridized carbons (Fsp3) is 0.0952. The highest BCUT2D eigenvalue weighted by molar-refractivity contribution is 7.92. The highest BCUT2D eigenvalue weighted by Gasteiger charge is 2.25. The number of carbonyl (C=O) groups excluding carboxylic acids is 1. The average molecular weight is 441 g/mol. The molecule has 0 bridgehead atoms. The number of nitro benzene ring substituents is 1. The third-order valence-corrected chi connectivity index (χ3v) is 6.33. The molecule has 0 saturated carbocycles. The first-order valence-corrected chi connectivity index (χ1v) is 10.5. The Labute approximate surface area is 179 Å². The third kappa shape index (κ3) is 4.64. The number of nitro groups is 1. The molecule has 0 heterocycles. The Morgan fingerprint density at radius 1 is 1.00 bits per heavy atom. The molecule has 0 fully saturated rings. The van der Waals surface area contributed by atoms with E-state index in [1.165, 1.54) is 26.3 Å². The second kappa shape index (κ2) is 8.84. The van der Waals surface area contributed by atoms with E-state index in [1.54, 1.807) is 36.4 Å². The van der Waals surface area contributed by atoms with E-state index in [1.807, 2.05) is 0 Å². The predicted molar refractivity (Wildman–Crippen MR) is 116 cm³/mol. The van der Waals surface area contributed by atoms with Gasteiger partial charge >= 0.3 is 0 Å². The van der Waals surface area contributed by atoms with E-state index >= 15 is 0 Å². The number of sulfonamides is 1. The lowest BCUT2D eigenvalue weighted by Gasteiger charge is -2.22. The number of hydrogen-bond acceptors (Lipinski definition) is 6. The molecule has 0 unspecified atom stereocenters. The van der Waals surface area contributed by atoms with Gasteiger partial charge in [-0.1, -0.05) is 12.1 Å². The molecule has 1 amide bonds. The van der Waals surface area contributed by atoms with Crippen LogP contribution in [0.15, 0.2) is 77.7 Å². The average Bonchev–Trinajstić information content (AvgIpc) is 2.79. The molecule has 1 N–H and O–H groups in total. The minimum Gasteiger partial charge on any atom is -0.497 e. The first-order chi connectivity index (χ1) is 14.7. The van der Waals surface area contributed by atoms with Crippen LogP contribution >= 0.6 is 0 Å². The molecule has 0 radical (unpaired) electrons. The van der Waals surface area contributed by atoms with E-state index in [9.17, 15) is 23.3 Å². The Morgan fingerprint density at radius 3 is 2.19 bits per heavy atom. The number of amides is 1. The van der Waals surface area contributed by atoms with Crippen molar-refractivity contribution in [2.45, 2.75) is 4.90 Å². The molecule has 0 aliphatic heterocycles. The Bertz CT molecular complexity index is 1210. The number of rotatable bonds is 7. The van der Waals surface area contributed by atoms with Crippen LogP contribution in [-0.4, -0.2) is 33.4 Å². The number of carbonyl (C=O) groups is 1. The van der Waals surface area contributed by atoms with Gasteiger partial charge in [0.1, 0.15) is 5.75 Å². The number of benzene rings is 3. The van der Waals surface area contributed by atoms with E-state index in [0.29, 0.717) is 11.4 Å². The van der Waals surface area contributed by atoms with Gasteiger partial charge in [-0.15, -0.1) is 0 Å². The minimum absolute atomic E-state index is 0.133. The summed E-state index contributed by atoms with van der Waals surface area (Å²) in [5, 5.41) is 13.5. The smallest absolute Gasteiger partial charge is 0.269 e. The molecule has 3 rings (SSSR count). The van der Waals surface area contributed by atoms with Crippen molar-refractivity contribution in [3.63, 3.8) is 0 Å². The molecule has 3 aromatic carbocycles. The number of nitrogens with one attached hydrogen (secondary N) is 1. The maximum Gasteiger partial charge on any atom is 0.269 e. The number of methoxy groups -OCH3 is 1. The molecule has 31 heavy (non-hydrogen) atoms. The molecular formula is C21H19N3O6S. The van der Waals surface area contributed by atoms with Crippen molar-refractivity contribution in [1.29, 1.82) is 0 Å². The van der Waals surface area contributed by atoms with Gasteiger partial charge in [0.2, 0.25) is 0 Å². The summed E-state index contributed by atoms with van der Waals surface area (Å²) >= 11 is 0. The van der Waals surface area contributed by atoms with Gasteiger partial charge in [-0.2, -0.15) is 0 Å². The maximum absolute atomic E-state index is 13.0. The van der Waals surface area contributed by atoms with Crippen LogP contribution in [0.1, 0.15) is 10.4 Å². The van der Waals surface area contributed by atoms with Gasteiger partial charge in [0.05, 0.1) is 28.2 Å². The van der Waals surface area contributed by atoms with Crippen molar-refractivity contribution < 1.29 is 22.9 Å². The van der Waals surface area contributed by atoms with Crippen LogP contribution in [0, 0.1) is 10.1 Å². The fourth-order valence-electron chi connectivity index (χ4n) is 2.84. The zero-order valence-corrected chi connectivity index (χ0v) is 17.5. The van der Waals surface area contributed by atoms with E-state index < -0.39 is 20.9 Å². The topological polar surface area (TPSA) is 119 Å². The van der Waals surface area contributed by atoms with Crippen molar-refractivity contribution >= 4 is 33.0 Å². The first kappa shape index (κ1) is 21.8. The second-order valence-corrected chi connectivity index (χ2v) is 8.39. The van der Waals surface area contributed by atoms with Crippen molar-refractivity contribution in [1.82, 2.24) is 0 Å². The lowest BCUT2D eigenvalue weighted by molar-refractivity contribution is -0.384. The van der Waals surface area contributed by atoms with Crippen LogP contribution in [0.5, 0.6) is 5.75 Å². The molecule has 0 spiro atoms. The van der Waals surface area contributed by atoms with E-state index in [4.69, 9.17) is 4.74 Å². The van der Waals surface area contributed by atoms with Crippen molar-refractivity contribution in [3.05, 3.63) is 88.5 Å². The summed E-state index contributed by atoms with van der Waals surface area (Å²) in [6.45, 7) is 0. The van der Waals surface area contributed by atoms with Gasteiger partial charge in [-0.25, -0.2) is 8.42 Å². The van der Waals surface area contributed by atoms with Crippen LogP contribution in [0.3, 0.4) is 0 Å². The number of para-hydroxylation sites is 1. The standard InChI is InChI=1S/C21H19N3O6S/c1-23(31(28,29)18-13-9-16(10-14-18)24(26)27)20-6-4-3-5-19(20)21(25)22-15-7-11-17(30-2)12-8-15/h3-14H,1-2H3,(H,22,25). The fourth-order valence-corrected chi connectivity index (χ4v) is 4.05. The van der Waals surface area contributed by atoms with Crippen LogP contribution < -0.4 is 14.4 Å². The van der Waals surface area contributed by atoms with Gasteiger partial charge in [0, 0.05) is 24.9 Å². The monoisotopic (exact) mass is 441 g/mol. The van der Waals surface area contributed by atoms with Crippen LogP contribution in [0.4, 0.5) is 17.1 Å². The minimum atomic E-state index is -4.06. The largest absolute Gasteiger partial charge is 0.497 e. The summed E-state index contributed by atoms with van der Waals surface area (Å²) in [6.07, 6.45) is 0. The highest BCUT2D eigenvalue weighted by atomic mass is 32.2. The van der Waals surface area contributed by atoms with Crippen LogP contribution in [0.25, 0.3) is 0 Å². The molecule has 3 aromatic rings. The lowest BCUT2D eigenvalue weighted by Crippen LogP contribution is -2.29. The summed E-state index contributed by atoms with van der Waals surface area (Å²) in [4.78, 5) is 22.9. The van der Waals surface area contributed by atoms with Crippen molar-refractivity contribution in [2.75, 3.05) is 23.8 Å². The highest BCUT2D eigenvalue weighted by Crippen LogP contribution is 2.27. The predicted octanol–water partition coefficient (Wildman–Crippen LogP) is 3.68. The SMILES string of the molecule is COc1ccc(NC(=O)c2ccccc2N(C)S(=O)(=O)c2ccc([N+](=O)[O-])cc2)cc1. The number of non-ortho nitro benzene ring substituents is 1. The Morgan fingerprint density at radius 2 is 1.61 bits per heavy atom. The van der Waals surface area contributed by atoms with E-state index in [0.717, 1.165) is 28.6 Å². The second-order valence-electron chi connectivity index (χ2n) is 6.42. The van der Waals surface area contributed by atoms with E-state index in [-0.39, 0.29) is 21.8 Å². The van der Waals surface area contributed by atoms with Gasteiger partial charge in [-0.05, 0) is 48.5 Å². The summed E-state index contributed by atoms with van der Waals surface area (Å²) in [7, 11) is -1.21. The maximum atomic E-state index is 13.0. The summed E-state index contributed by atoms with van der Waals surface area (Å²) < 4.78 is 32.1. The van der Waals surface area contributed by atoms with Crippen molar-refractivity contribution in [3.8, 4) is 5.75 Å². The van der Waals surface area contributed by atoms with Gasteiger partial charge in [0.15, 0.2) is 0 Å². The molecule has 0 aliphatic rings. The molecule has 0 saturated heterocycles. The summed E-state index contributed by atoms with van der Waals surface area (Å²) in [5.74, 6) is 0.138. The third-order valence-electron chi connectivity index (χ3n) is 4.54. The number of ether oxygens (including phenoxy) is 1. The number of hydrogen-bond donors (Lipinski definition) is 1. The molecule has 0 atom stereocenters. The first-order valence-electron chi connectivity index (χ1n) is 9.02. The van der Waals surface area contributed by atoms with Crippen LogP contribution in [0.2, 0.25) is 0 Å². The zero-order valence-electron chi connectivity index (χ0n) is 16.7. The Hall–Kier alpha value is -3.92. The molecule has 9 nitrogen and oxygen atoms in total. The van der Waals surface area contributed by atoms with Crippen molar-refractivity contribution in [2.24, 2.45) is 0 Å².